The van der Waals surface area contributed by atoms with Gasteiger partial charge in [-0.25, -0.2) is 0 Å². The second-order valence-corrected chi connectivity index (χ2v) is 6.12. The van der Waals surface area contributed by atoms with Gasteiger partial charge >= 0.3 is 0 Å². The lowest BCUT2D eigenvalue weighted by Gasteiger charge is -2.12. The molecule has 0 saturated carbocycles. The van der Waals surface area contributed by atoms with Crippen molar-refractivity contribution in [2.75, 3.05) is 0 Å². The molecule has 0 fully saturated rings. The number of aromatic hydroxyl groups is 4. The molecule has 0 spiro atoms. The largest absolute Gasteiger partial charge is 0.507 e. The summed E-state index contributed by atoms with van der Waals surface area (Å²) in [5, 5.41) is 43.0. The molecule has 4 rings (SSSR count). The van der Waals surface area contributed by atoms with Crippen LogP contribution in [-0.2, 0) is 0 Å². The number of benzene rings is 3. The molecule has 0 unspecified atom stereocenters. The van der Waals surface area contributed by atoms with E-state index in [9.17, 15) is 20.4 Å². The lowest BCUT2D eigenvalue weighted by atomic mass is 9.98. The van der Waals surface area contributed by atoms with Crippen molar-refractivity contribution in [1.82, 2.24) is 0 Å². The van der Waals surface area contributed by atoms with E-state index in [4.69, 9.17) is 0 Å². The number of fused-ring (bicyclic) bond motifs is 4. The van der Waals surface area contributed by atoms with Gasteiger partial charge in [0.15, 0.2) is 0 Å². The van der Waals surface area contributed by atoms with Crippen LogP contribution >= 0.6 is 0 Å². The van der Waals surface area contributed by atoms with Gasteiger partial charge in [0, 0.05) is 5.39 Å². The molecular weight excluding hydrogens is 296 g/mol. The normalized spacial score (nSPS) is 15.4. The Kier molecular flexibility index (Phi) is 2.39. The third-order valence-electron chi connectivity index (χ3n) is 4.06. The van der Waals surface area contributed by atoms with Crippen LogP contribution in [0.4, 0.5) is 0 Å². The summed E-state index contributed by atoms with van der Waals surface area (Å²) >= 11 is 0. The first kappa shape index (κ1) is 13.6. The van der Waals surface area contributed by atoms with Crippen LogP contribution in [0.15, 0.2) is 34.3 Å². The predicted octanol–water partition coefficient (Wildman–Crippen LogP) is 1.80. The molecule has 1 aliphatic rings. The lowest BCUT2D eigenvalue weighted by Crippen LogP contribution is -2.22. The Morgan fingerprint density at radius 2 is 1.35 bits per heavy atom. The number of phenols is 4. The van der Waals surface area contributed by atoms with E-state index in [-0.39, 0.29) is 33.8 Å². The Hall–Kier alpha value is -3.02. The summed E-state index contributed by atoms with van der Waals surface area (Å²) < 4.78 is 0. The zero-order valence-corrected chi connectivity index (χ0v) is 12.5. The van der Waals surface area contributed by atoms with Gasteiger partial charge in [0.2, 0.25) is 0 Å². The second kappa shape index (κ2) is 4.04. The molecule has 0 aromatic heterocycles. The average Bonchev–Trinajstić information content (AvgIpc) is 2.80. The number of phenolic OH excluding ortho intramolecular Hbond substituents is 4. The van der Waals surface area contributed by atoms with Gasteiger partial charge in [0.05, 0.1) is 26.9 Å². The van der Waals surface area contributed by atoms with Crippen LogP contribution in [0, 0.1) is 0 Å². The van der Waals surface area contributed by atoms with Gasteiger partial charge < -0.3 is 20.4 Å². The van der Waals surface area contributed by atoms with E-state index < -0.39 is 5.66 Å². The maximum atomic E-state index is 10.7. The van der Waals surface area contributed by atoms with E-state index in [0.29, 0.717) is 21.5 Å². The van der Waals surface area contributed by atoms with Crippen molar-refractivity contribution < 1.29 is 20.4 Å². The number of hydrogen-bond donors (Lipinski definition) is 4. The van der Waals surface area contributed by atoms with Crippen LogP contribution in [0.1, 0.15) is 13.8 Å². The summed E-state index contributed by atoms with van der Waals surface area (Å²) in [6.45, 7) is 3.67. The van der Waals surface area contributed by atoms with E-state index >= 15 is 0 Å². The van der Waals surface area contributed by atoms with Crippen LogP contribution in [0.3, 0.4) is 0 Å². The van der Waals surface area contributed by atoms with E-state index in [0.717, 1.165) is 0 Å². The highest BCUT2D eigenvalue weighted by Crippen LogP contribution is 2.47. The monoisotopic (exact) mass is 310 g/mol. The third-order valence-corrected chi connectivity index (χ3v) is 4.06. The average molecular weight is 310 g/mol. The van der Waals surface area contributed by atoms with Crippen molar-refractivity contribution in [3.05, 3.63) is 35.0 Å². The summed E-state index contributed by atoms with van der Waals surface area (Å²) in [5.41, 5.74) is -0.658. The minimum absolute atomic E-state index is 0.00384. The molecule has 23 heavy (non-hydrogen) atoms. The summed E-state index contributed by atoms with van der Waals surface area (Å²) in [7, 11) is 0. The molecule has 1 heterocycles. The topological polar surface area (TPSA) is 106 Å². The minimum atomic E-state index is -0.658. The van der Waals surface area contributed by atoms with Gasteiger partial charge in [0.1, 0.15) is 28.7 Å². The minimum Gasteiger partial charge on any atom is -0.507 e. The highest BCUT2D eigenvalue weighted by molar-refractivity contribution is 6.14. The standard InChI is InChI=1S/C17H14N2O4/c1-17(2)18-8-4-3-7-11(14(8)19-17)16(23)13-10(21)6-5-9(20)12(13)15(7)22/h3-6,20-23H,1-2H3. The number of nitrogens with zero attached hydrogens (tertiary/aromatic N) is 2. The van der Waals surface area contributed by atoms with E-state index in [2.05, 4.69) is 9.98 Å². The van der Waals surface area contributed by atoms with Gasteiger partial charge in [-0.2, -0.15) is 0 Å². The Labute approximate surface area is 130 Å². The molecule has 0 radical (unpaired) electrons. The molecule has 0 atom stereocenters. The first-order chi connectivity index (χ1) is 10.8. The molecule has 0 aliphatic carbocycles. The first-order valence-corrected chi connectivity index (χ1v) is 7.11. The maximum absolute atomic E-state index is 10.7. The second-order valence-electron chi connectivity index (χ2n) is 6.12. The van der Waals surface area contributed by atoms with Crippen molar-refractivity contribution >= 4 is 21.5 Å². The predicted molar refractivity (Wildman–Crippen MR) is 84.5 cm³/mol. The van der Waals surface area contributed by atoms with Gasteiger partial charge in [-0.1, -0.05) is 0 Å². The fourth-order valence-electron chi connectivity index (χ4n) is 3.13. The zero-order valence-electron chi connectivity index (χ0n) is 12.5. The van der Waals surface area contributed by atoms with Crippen molar-refractivity contribution in [3.8, 4) is 23.0 Å². The van der Waals surface area contributed by atoms with Crippen molar-refractivity contribution in [2.45, 2.75) is 19.5 Å². The molecule has 4 N–H and O–H groups in total. The van der Waals surface area contributed by atoms with Crippen molar-refractivity contribution in [1.29, 1.82) is 0 Å². The molecule has 6 heteroatoms. The van der Waals surface area contributed by atoms with E-state index in [1.54, 1.807) is 12.1 Å². The zero-order chi connectivity index (χ0) is 16.5. The quantitative estimate of drug-likeness (QED) is 0.375. The molecule has 0 bridgehead atoms. The fraction of sp³-hybridized carbons (Fsp3) is 0.176. The molecule has 0 saturated heterocycles. The van der Waals surface area contributed by atoms with Gasteiger partial charge in [-0.05, 0) is 38.1 Å². The Bertz CT molecular complexity index is 1130. The molecular formula is C17H14N2O4. The van der Waals surface area contributed by atoms with Crippen LogP contribution < -0.4 is 10.7 Å². The van der Waals surface area contributed by atoms with Crippen LogP contribution in [0.25, 0.3) is 21.5 Å². The fourth-order valence-corrected chi connectivity index (χ4v) is 3.13. The number of hydrogen-bond acceptors (Lipinski definition) is 6. The van der Waals surface area contributed by atoms with E-state index in [1.807, 2.05) is 13.8 Å². The molecule has 6 nitrogen and oxygen atoms in total. The van der Waals surface area contributed by atoms with E-state index in [1.165, 1.54) is 12.1 Å². The van der Waals surface area contributed by atoms with Gasteiger partial charge in [-0.3, -0.25) is 9.98 Å². The SMILES string of the molecule is CC1(C)N=c2ccc3c(O)c4c(O)ccc(O)c4c(O)c3c2=N1. The summed E-state index contributed by atoms with van der Waals surface area (Å²) in [5.74, 6) is -0.923. The molecule has 1 aliphatic heterocycles. The Balaban J connectivity index is 2.38. The maximum Gasteiger partial charge on any atom is 0.146 e. The smallest absolute Gasteiger partial charge is 0.146 e. The van der Waals surface area contributed by atoms with Gasteiger partial charge in [0.25, 0.3) is 0 Å². The number of rotatable bonds is 0. The van der Waals surface area contributed by atoms with Crippen LogP contribution in [0.2, 0.25) is 0 Å². The summed E-state index contributed by atoms with van der Waals surface area (Å²) in [4.78, 5) is 8.94. The lowest BCUT2D eigenvalue weighted by molar-refractivity contribution is 0.451. The highest BCUT2D eigenvalue weighted by atomic mass is 16.3. The Morgan fingerprint density at radius 3 is 2.00 bits per heavy atom. The third kappa shape index (κ3) is 1.69. The molecule has 3 aromatic rings. The molecule has 0 amide bonds. The summed E-state index contributed by atoms with van der Waals surface area (Å²) in [6.07, 6.45) is 0. The van der Waals surface area contributed by atoms with Crippen LogP contribution in [0.5, 0.6) is 23.0 Å². The van der Waals surface area contributed by atoms with Crippen molar-refractivity contribution in [3.63, 3.8) is 0 Å². The molecule has 3 aromatic carbocycles. The Morgan fingerprint density at radius 1 is 0.739 bits per heavy atom. The summed E-state index contributed by atoms with van der Waals surface area (Å²) in [6, 6.07) is 5.85. The van der Waals surface area contributed by atoms with Gasteiger partial charge in [-0.15, -0.1) is 0 Å². The first-order valence-electron chi connectivity index (χ1n) is 7.11. The molecule has 116 valence electrons. The highest BCUT2D eigenvalue weighted by Gasteiger charge is 2.24. The van der Waals surface area contributed by atoms with Crippen LogP contribution in [-0.4, -0.2) is 26.1 Å². The van der Waals surface area contributed by atoms with Crippen molar-refractivity contribution in [2.24, 2.45) is 9.98 Å².